The summed E-state index contributed by atoms with van der Waals surface area (Å²) in [6, 6.07) is 8.90. The number of rotatable bonds is 3. The van der Waals surface area contributed by atoms with E-state index in [1.165, 1.54) is 12.0 Å². The Morgan fingerprint density at radius 3 is 2.67 bits per heavy atom. The first-order valence-corrected chi connectivity index (χ1v) is 6.39. The molecule has 1 N–H and O–H groups in total. The number of aliphatic hydroxyl groups is 1. The van der Waals surface area contributed by atoms with E-state index in [-0.39, 0.29) is 0 Å². The molecule has 0 radical (unpaired) electrons. The first-order chi connectivity index (χ1) is 8.74. The lowest BCUT2D eigenvalue weighted by Gasteiger charge is -2.15. The van der Waals surface area contributed by atoms with E-state index in [9.17, 15) is 9.90 Å². The minimum atomic E-state index is -1.18. The Hall–Kier alpha value is -1.61. The molecule has 0 aliphatic heterocycles. The number of aliphatic hydroxyl groups excluding tert-OH is 1. The van der Waals surface area contributed by atoms with Crippen LogP contribution in [0.2, 0.25) is 0 Å². The molecule has 2 aliphatic carbocycles. The first kappa shape index (κ1) is 11.5. The van der Waals surface area contributed by atoms with Crippen molar-refractivity contribution in [3.8, 4) is 0 Å². The van der Waals surface area contributed by atoms with Crippen LogP contribution in [0.3, 0.4) is 0 Å². The smallest absolute Gasteiger partial charge is 0.344 e. The van der Waals surface area contributed by atoms with Crippen LogP contribution in [-0.4, -0.2) is 11.1 Å². The fraction of sp³-hybridized carbons (Fsp3) is 0.400. The molecule has 94 valence electrons. The van der Waals surface area contributed by atoms with Gasteiger partial charge in [-0.15, -0.1) is 0 Å². The Kier molecular flexibility index (Phi) is 2.92. The van der Waals surface area contributed by atoms with Crippen LogP contribution in [0.15, 0.2) is 41.7 Å². The number of fused-ring (bicyclic) bond motifs is 2. The minimum Gasteiger partial charge on any atom is -0.429 e. The zero-order chi connectivity index (χ0) is 12.5. The number of ether oxygens (including phenoxy) is 1. The summed E-state index contributed by atoms with van der Waals surface area (Å²) in [4.78, 5) is 11.9. The van der Waals surface area contributed by atoms with Crippen molar-refractivity contribution in [3.05, 3.63) is 47.2 Å². The van der Waals surface area contributed by atoms with Gasteiger partial charge in [0.15, 0.2) is 6.10 Å². The second-order valence-corrected chi connectivity index (χ2v) is 5.07. The topological polar surface area (TPSA) is 46.5 Å². The van der Waals surface area contributed by atoms with Gasteiger partial charge in [0, 0.05) is 6.42 Å². The maximum absolute atomic E-state index is 11.9. The van der Waals surface area contributed by atoms with E-state index in [0.29, 0.717) is 11.5 Å². The fourth-order valence-electron chi connectivity index (χ4n) is 2.83. The van der Waals surface area contributed by atoms with Crippen molar-refractivity contribution in [3.63, 3.8) is 0 Å². The zero-order valence-electron chi connectivity index (χ0n) is 10.1. The van der Waals surface area contributed by atoms with Gasteiger partial charge in [-0.05, 0) is 36.3 Å². The number of hydrogen-bond donors (Lipinski definition) is 1. The van der Waals surface area contributed by atoms with Crippen molar-refractivity contribution in [1.29, 1.82) is 0 Å². The lowest BCUT2D eigenvalue weighted by atomic mass is 10.0. The molecule has 3 heteroatoms. The minimum absolute atomic E-state index is 0.559. The van der Waals surface area contributed by atoms with Crippen LogP contribution >= 0.6 is 0 Å². The van der Waals surface area contributed by atoms with E-state index in [1.807, 2.05) is 6.07 Å². The molecule has 1 fully saturated rings. The van der Waals surface area contributed by atoms with Crippen LogP contribution in [0.25, 0.3) is 0 Å². The molecular weight excluding hydrogens is 228 g/mol. The van der Waals surface area contributed by atoms with Crippen LogP contribution in [0.1, 0.15) is 37.4 Å². The lowest BCUT2D eigenvalue weighted by Crippen LogP contribution is -2.16. The Morgan fingerprint density at radius 2 is 2.06 bits per heavy atom. The number of hydrogen-bond acceptors (Lipinski definition) is 3. The maximum atomic E-state index is 11.9. The van der Waals surface area contributed by atoms with Gasteiger partial charge in [0.25, 0.3) is 0 Å². The highest BCUT2D eigenvalue weighted by Gasteiger charge is 2.33. The predicted molar refractivity (Wildman–Crippen MR) is 66.5 cm³/mol. The molecule has 1 aromatic carbocycles. The monoisotopic (exact) mass is 244 g/mol. The third kappa shape index (κ3) is 2.06. The van der Waals surface area contributed by atoms with E-state index >= 15 is 0 Å². The van der Waals surface area contributed by atoms with Crippen LogP contribution in [0, 0.1) is 5.92 Å². The van der Waals surface area contributed by atoms with Crippen LogP contribution in [0.4, 0.5) is 0 Å². The summed E-state index contributed by atoms with van der Waals surface area (Å²) in [7, 11) is 0. The summed E-state index contributed by atoms with van der Waals surface area (Å²) < 4.78 is 5.35. The largest absolute Gasteiger partial charge is 0.429 e. The molecule has 1 aromatic rings. The molecule has 0 spiro atoms. The van der Waals surface area contributed by atoms with Gasteiger partial charge in [0.2, 0.25) is 0 Å². The zero-order valence-corrected chi connectivity index (χ0v) is 10.1. The SMILES string of the molecule is O=C(OC1=C2CCC(C2)C1)[C@H](O)c1ccccc1. The molecule has 0 amide bonds. The van der Waals surface area contributed by atoms with Gasteiger partial charge < -0.3 is 9.84 Å². The molecule has 0 heterocycles. The van der Waals surface area contributed by atoms with E-state index in [2.05, 4.69) is 0 Å². The fourth-order valence-corrected chi connectivity index (χ4v) is 2.83. The van der Waals surface area contributed by atoms with Crippen molar-refractivity contribution in [2.45, 2.75) is 31.8 Å². The number of allylic oxidation sites excluding steroid dienone is 2. The molecule has 18 heavy (non-hydrogen) atoms. The number of benzene rings is 1. The average Bonchev–Trinajstić information content (AvgIpc) is 3.01. The molecule has 2 atom stereocenters. The second-order valence-electron chi connectivity index (χ2n) is 5.07. The number of carbonyl (C=O) groups is 1. The average molecular weight is 244 g/mol. The highest BCUT2D eigenvalue weighted by atomic mass is 16.6. The molecule has 3 rings (SSSR count). The van der Waals surface area contributed by atoms with Crippen LogP contribution < -0.4 is 0 Å². The van der Waals surface area contributed by atoms with Gasteiger partial charge >= 0.3 is 5.97 Å². The maximum Gasteiger partial charge on any atom is 0.344 e. The summed E-state index contributed by atoms with van der Waals surface area (Å²) in [5.74, 6) is 0.916. The van der Waals surface area contributed by atoms with E-state index in [0.717, 1.165) is 25.0 Å². The van der Waals surface area contributed by atoms with Gasteiger partial charge in [0.05, 0.1) is 0 Å². The molecular formula is C15H16O3. The highest BCUT2D eigenvalue weighted by Crippen LogP contribution is 2.44. The van der Waals surface area contributed by atoms with Gasteiger partial charge in [0.1, 0.15) is 5.76 Å². The predicted octanol–water partition coefficient (Wildman–Crippen LogP) is 2.72. The van der Waals surface area contributed by atoms with Crippen LogP contribution in [-0.2, 0) is 9.53 Å². The van der Waals surface area contributed by atoms with E-state index in [4.69, 9.17) is 4.74 Å². The molecule has 1 unspecified atom stereocenters. The van der Waals surface area contributed by atoms with Gasteiger partial charge in [-0.3, -0.25) is 0 Å². The molecule has 2 bridgehead atoms. The van der Waals surface area contributed by atoms with E-state index < -0.39 is 12.1 Å². The van der Waals surface area contributed by atoms with Crippen LogP contribution in [0.5, 0.6) is 0 Å². The van der Waals surface area contributed by atoms with E-state index in [1.54, 1.807) is 24.3 Å². The Labute approximate surface area is 106 Å². The normalized spacial score (nSPS) is 23.3. The molecule has 1 saturated carbocycles. The molecule has 0 aromatic heterocycles. The Bertz CT molecular complexity index is 490. The Morgan fingerprint density at radius 1 is 1.28 bits per heavy atom. The molecule has 3 nitrogen and oxygen atoms in total. The second kappa shape index (κ2) is 4.58. The van der Waals surface area contributed by atoms with Crippen molar-refractivity contribution in [2.24, 2.45) is 5.92 Å². The summed E-state index contributed by atoms with van der Waals surface area (Å²) in [6.07, 6.45) is 3.03. The Balaban J connectivity index is 1.69. The van der Waals surface area contributed by atoms with Gasteiger partial charge in [-0.2, -0.15) is 0 Å². The van der Waals surface area contributed by atoms with Crippen molar-refractivity contribution in [1.82, 2.24) is 0 Å². The first-order valence-electron chi connectivity index (χ1n) is 6.39. The lowest BCUT2D eigenvalue weighted by molar-refractivity contribution is -0.149. The van der Waals surface area contributed by atoms with Gasteiger partial charge in [-0.25, -0.2) is 4.79 Å². The number of esters is 1. The highest BCUT2D eigenvalue weighted by molar-refractivity contribution is 5.77. The van der Waals surface area contributed by atoms with Crippen molar-refractivity contribution >= 4 is 5.97 Å². The standard InChI is InChI=1S/C15H16O3/c16-14(11-4-2-1-3-5-11)15(17)18-13-9-10-6-7-12(13)8-10/h1-5,10,14,16H,6-9H2/t10?,14-/m1/s1. The summed E-state index contributed by atoms with van der Waals surface area (Å²) in [5, 5.41) is 9.92. The molecule has 2 aliphatic rings. The van der Waals surface area contributed by atoms with Crippen molar-refractivity contribution in [2.75, 3.05) is 0 Å². The third-order valence-electron chi connectivity index (χ3n) is 3.82. The molecule has 0 saturated heterocycles. The third-order valence-corrected chi connectivity index (χ3v) is 3.82. The quantitative estimate of drug-likeness (QED) is 0.831. The van der Waals surface area contributed by atoms with Gasteiger partial charge in [-0.1, -0.05) is 30.3 Å². The van der Waals surface area contributed by atoms with Crippen molar-refractivity contribution < 1.29 is 14.6 Å². The number of carbonyl (C=O) groups excluding carboxylic acids is 1. The summed E-state index contributed by atoms with van der Waals surface area (Å²) in [6.45, 7) is 0. The summed E-state index contributed by atoms with van der Waals surface area (Å²) in [5.41, 5.74) is 1.85. The summed E-state index contributed by atoms with van der Waals surface area (Å²) >= 11 is 0.